The van der Waals surface area contributed by atoms with Crippen molar-refractivity contribution >= 4 is 39.8 Å². The van der Waals surface area contributed by atoms with Gasteiger partial charge in [-0.15, -0.1) is 11.3 Å². The largest absolute Gasteiger partial charge is 0.462 e. The van der Waals surface area contributed by atoms with Crippen LogP contribution in [0.2, 0.25) is 0 Å². The van der Waals surface area contributed by atoms with E-state index in [-0.39, 0.29) is 18.4 Å². The second-order valence-corrected chi connectivity index (χ2v) is 7.58. The summed E-state index contributed by atoms with van der Waals surface area (Å²) in [6.07, 6.45) is 1.42. The van der Waals surface area contributed by atoms with Crippen molar-refractivity contribution in [3.05, 3.63) is 45.8 Å². The van der Waals surface area contributed by atoms with Gasteiger partial charge in [0.05, 0.1) is 12.2 Å². The minimum Gasteiger partial charge on any atom is -0.462 e. The molecule has 0 bridgehead atoms. The van der Waals surface area contributed by atoms with E-state index in [0.717, 1.165) is 22.5 Å². The second kappa shape index (κ2) is 7.92. The van der Waals surface area contributed by atoms with Crippen LogP contribution in [0.25, 0.3) is 0 Å². The molecule has 0 spiro atoms. The first kappa shape index (κ1) is 19.1. The van der Waals surface area contributed by atoms with E-state index < -0.39 is 5.97 Å². The maximum Gasteiger partial charge on any atom is 0.341 e. The van der Waals surface area contributed by atoms with Crippen molar-refractivity contribution in [3.8, 4) is 0 Å². The molecule has 0 unspecified atom stereocenters. The Morgan fingerprint density at radius 1 is 1.22 bits per heavy atom. The van der Waals surface area contributed by atoms with E-state index in [1.54, 1.807) is 36.1 Å². The number of nitrogens with zero attached hydrogens (tertiary/aromatic N) is 1. The number of hydrogen-bond donors (Lipinski definition) is 1. The van der Waals surface area contributed by atoms with E-state index >= 15 is 0 Å². The maximum atomic E-state index is 12.6. The Morgan fingerprint density at radius 2 is 1.93 bits per heavy atom. The summed E-state index contributed by atoms with van der Waals surface area (Å²) in [5.74, 6) is -0.630. The van der Waals surface area contributed by atoms with E-state index in [0.29, 0.717) is 29.1 Å². The molecule has 7 heteroatoms. The highest BCUT2D eigenvalue weighted by molar-refractivity contribution is 7.16. The standard InChI is InChI=1S/C20H22N2O4S/c1-4-26-20(25)17-12(2)13(3)27-19(17)21-18(24)14-7-9-15(10-8-14)22-11-5-6-16(22)23/h7-10H,4-6,11H2,1-3H3,(H,21,24). The van der Waals surface area contributed by atoms with Gasteiger partial charge in [-0.25, -0.2) is 4.79 Å². The summed E-state index contributed by atoms with van der Waals surface area (Å²) in [6, 6.07) is 6.92. The molecule has 1 aliphatic rings. The molecule has 1 fully saturated rings. The number of hydrogen-bond acceptors (Lipinski definition) is 5. The van der Waals surface area contributed by atoms with E-state index in [4.69, 9.17) is 4.74 Å². The fourth-order valence-electron chi connectivity index (χ4n) is 3.05. The van der Waals surface area contributed by atoms with Crippen molar-refractivity contribution in [2.24, 2.45) is 0 Å². The molecule has 1 aliphatic heterocycles. The first-order valence-electron chi connectivity index (χ1n) is 8.91. The van der Waals surface area contributed by atoms with Crippen LogP contribution in [0.5, 0.6) is 0 Å². The van der Waals surface area contributed by atoms with Gasteiger partial charge in [-0.1, -0.05) is 0 Å². The molecule has 3 rings (SSSR count). The summed E-state index contributed by atoms with van der Waals surface area (Å²) in [5.41, 5.74) is 2.48. The van der Waals surface area contributed by atoms with Crippen LogP contribution < -0.4 is 10.2 Å². The van der Waals surface area contributed by atoms with Crippen LogP contribution in [-0.4, -0.2) is 30.9 Å². The van der Waals surface area contributed by atoms with Crippen molar-refractivity contribution in [2.45, 2.75) is 33.6 Å². The molecule has 2 heterocycles. The molecule has 27 heavy (non-hydrogen) atoms. The van der Waals surface area contributed by atoms with Crippen LogP contribution in [0, 0.1) is 13.8 Å². The lowest BCUT2D eigenvalue weighted by atomic mass is 10.1. The molecule has 142 valence electrons. The zero-order valence-electron chi connectivity index (χ0n) is 15.6. The fourth-order valence-corrected chi connectivity index (χ4v) is 4.10. The molecule has 1 aromatic heterocycles. The molecule has 0 aliphatic carbocycles. The lowest BCUT2D eigenvalue weighted by molar-refractivity contribution is -0.117. The smallest absolute Gasteiger partial charge is 0.341 e. The molecule has 2 aromatic rings. The summed E-state index contributed by atoms with van der Waals surface area (Å²) >= 11 is 1.36. The molecule has 1 saturated heterocycles. The van der Waals surface area contributed by atoms with E-state index in [1.165, 1.54) is 11.3 Å². The summed E-state index contributed by atoms with van der Waals surface area (Å²) in [7, 11) is 0. The predicted octanol–water partition coefficient (Wildman–Crippen LogP) is 3.92. The van der Waals surface area contributed by atoms with Crippen molar-refractivity contribution in [3.63, 3.8) is 0 Å². The molecule has 1 aromatic carbocycles. The zero-order chi connectivity index (χ0) is 19.6. The lowest BCUT2D eigenvalue weighted by Crippen LogP contribution is -2.23. The summed E-state index contributed by atoms with van der Waals surface area (Å²) in [4.78, 5) is 39.4. The highest BCUT2D eigenvalue weighted by Gasteiger charge is 2.24. The van der Waals surface area contributed by atoms with Crippen LogP contribution in [0.3, 0.4) is 0 Å². The quantitative estimate of drug-likeness (QED) is 0.790. The van der Waals surface area contributed by atoms with Gasteiger partial charge in [0.15, 0.2) is 0 Å². The Hall–Kier alpha value is -2.67. The number of rotatable bonds is 5. The molecule has 1 N–H and O–H groups in total. The van der Waals surface area contributed by atoms with Crippen molar-refractivity contribution in [2.75, 3.05) is 23.4 Å². The molecular formula is C20H22N2O4S. The van der Waals surface area contributed by atoms with E-state index in [2.05, 4.69) is 5.32 Å². The molecule has 0 saturated carbocycles. The van der Waals surface area contributed by atoms with Crippen molar-refractivity contribution < 1.29 is 19.1 Å². The minimum atomic E-state index is -0.433. The average Bonchev–Trinajstić information content (AvgIpc) is 3.18. The highest BCUT2D eigenvalue weighted by atomic mass is 32.1. The Balaban J connectivity index is 1.79. The predicted molar refractivity (Wildman–Crippen MR) is 106 cm³/mol. The minimum absolute atomic E-state index is 0.107. The van der Waals surface area contributed by atoms with Gasteiger partial charge >= 0.3 is 5.97 Å². The monoisotopic (exact) mass is 386 g/mol. The Labute approximate surface area is 162 Å². The number of nitrogens with one attached hydrogen (secondary N) is 1. The fraction of sp³-hybridized carbons (Fsp3) is 0.350. The average molecular weight is 386 g/mol. The molecule has 0 radical (unpaired) electrons. The summed E-state index contributed by atoms with van der Waals surface area (Å²) < 4.78 is 5.11. The van der Waals surface area contributed by atoms with Crippen molar-refractivity contribution in [1.82, 2.24) is 0 Å². The van der Waals surface area contributed by atoms with Gasteiger partial charge in [0, 0.05) is 29.1 Å². The first-order valence-corrected chi connectivity index (χ1v) is 9.73. The number of thiophene rings is 1. The van der Waals surface area contributed by atoms with Crippen LogP contribution in [0.1, 0.15) is 50.9 Å². The Morgan fingerprint density at radius 3 is 2.52 bits per heavy atom. The van der Waals surface area contributed by atoms with Gasteiger partial charge < -0.3 is 15.0 Å². The third-order valence-electron chi connectivity index (χ3n) is 4.61. The van der Waals surface area contributed by atoms with E-state index in [9.17, 15) is 14.4 Å². The van der Waals surface area contributed by atoms with Gasteiger partial charge in [-0.2, -0.15) is 0 Å². The van der Waals surface area contributed by atoms with Gasteiger partial charge in [0.1, 0.15) is 5.00 Å². The summed E-state index contributed by atoms with van der Waals surface area (Å²) in [6.45, 7) is 6.48. The lowest BCUT2D eigenvalue weighted by Gasteiger charge is -2.15. The maximum absolute atomic E-state index is 12.6. The topological polar surface area (TPSA) is 75.7 Å². The second-order valence-electron chi connectivity index (χ2n) is 6.36. The van der Waals surface area contributed by atoms with Crippen LogP contribution in [0.15, 0.2) is 24.3 Å². The number of anilines is 2. The van der Waals surface area contributed by atoms with Gasteiger partial charge in [-0.05, 0) is 57.0 Å². The third kappa shape index (κ3) is 3.88. The summed E-state index contributed by atoms with van der Waals surface area (Å²) in [5, 5.41) is 3.32. The number of aryl methyl sites for hydroxylation is 1. The molecule has 2 amide bonds. The number of carbonyl (C=O) groups is 3. The van der Waals surface area contributed by atoms with Crippen LogP contribution in [-0.2, 0) is 9.53 Å². The number of ether oxygens (including phenoxy) is 1. The highest BCUT2D eigenvalue weighted by Crippen LogP contribution is 2.33. The molecular weight excluding hydrogens is 364 g/mol. The Bertz CT molecular complexity index is 886. The number of esters is 1. The van der Waals surface area contributed by atoms with E-state index in [1.807, 2.05) is 13.8 Å². The molecule has 6 nitrogen and oxygen atoms in total. The zero-order valence-corrected chi connectivity index (χ0v) is 16.4. The molecule has 0 atom stereocenters. The van der Waals surface area contributed by atoms with Crippen molar-refractivity contribution in [1.29, 1.82) is 0 Å². The van der Waals surface area contributed by atoms with Gasteiger partial charge in [-0.3, -0.25) is 9.59 Å². The third-order valence-corrected chi connectivity index (χ3v) is 5.73. The number of amides is 2. The SMILES string of the molecule is CCOC(=O)c1c(NC(=O)c2ccc(N3CCCC3=O)cc2)sc(C)c1C. The normalized spacial score (nSPS) is 13.7. The number of carbonyl (C=O) groups excluding carboxylic acids is 3. The number of benzene rings is 1. The first-order chi connectivity index (χ1) is 12.9. The van der Waals surface area contributed by atoms with Gasteiger partial charge in [0.2, 0.25) is 5.91 Å². The Kier molecular flexibility index (Phi) is 5.60. The van der Waals surface area contributed by atoms with Crippen LogP contribution in [0.4, 0.5) is 10.7 Å². The van der Waals surface area contributed by atoms with Crippen LogP contribution >= 0.6 is 11.3 Å². The van der Waals surface area contributed by atoms with Gasteiger partial charge in [0.25, 0.3) is 5.91 Å².